The van der Waals surface area contributed by atoms with Crippen LogP contribution in [0.2, 0.25) is 10.0 Å². The third kappa shape index (κ3) is 7.20. The summed E-state index contributed by atoms with van der Waals surface area (Å²) in [4.78, 5) is 27.2. The van der Waals surface area contributed by atoms with Gasteiger partial charge in [-0.15, -0.1) is 0 Å². The Balaban J connectivity index is 2.56. The highest BCUT2D eigenvalue weighted by molar-refractivity contribution is 6.35. The lowest BCUT2D eigenvalue weighted by molar-refractivity contribution is -0.121. The van der Waals surface area contributed by atoms with Crippen molar-refractivity contribution in [1.29, 1.82) is 0 Å². The van der Waals surface area contributed by atoms with Crippen molar-refractivity contribution in [3.05, 3.63) is 28.2 Å². The maximum absolute atomic E-state index is 11.9. The molecule has 128 valence electrons. The first-order valence-corrected chi connectivity index (χ1v) is 8.21. The van der Waals surface area contributed by atoms with Gasteiger partial charge in [-0.1, -0.05) is 23.2 Å². The van der Waals surface area contributed by atoms with E-state index in [9.17, 15) is 9.59 Å². The number of rotatable bonds is 8. The average molecular weight is 360 g/mol. The highest BCUT2D eigenvalue weighted by Gasteiger charge is 2.16. The van der Waals surface area contributed by atoms with E-state index in [0.29, 0.717) is 22.3 Å². The molecule has 0 aliphatic rings. The van der Waals surface area contributed by atoms with Crippen molar-refractivity contribution in [3.63, 3.8) is 0 Å². The molecule has 0 bridgehead atoms. The first-order chi connectivity index (χ1) is 10.8. The molecule has 0 aliphatic heterocycles. The molecular formula is C16H23Cl2N3O2. The summed E-state index contributed by atoms with van der Waals surface area (Å²) in [5.41, 5.74) is 0.520. The number of halogens is 2. The summed E-state index contributed by atoms with van der Waals surface area (Å²) in [7, 11) is 3.97. The van der Waals surface area contributed by atoms with Gasteiger partial charge in [-0.25, -0.2) is 0 Å². The van der Waals surface area contributed by atoms with E-state index in [4.69, 9.17) is 23.2 Å². The number of benzene rings is 1. The van der Waals surface area contributed by atoms with Gasteiger partial charge >= 0.3 is 0 Å². The number of nitrogens with zero attached hydrogens (tertiary/aromatic N) is 2. The third-order valence-corrected chi connectivity index (χ3v) is 3.80. The molecule has 2 amide bonds. The standard InChI is InChI=1S/C16H23Cl2N3O2/c1-12(22)21(15-11-13(17)5-6-14(15)18)10-7-16(23)19-8-4-9-20(2)3/h5-6,11H,4,7-10H2,1-3H3,(H,19,23). The third-order valence-electron chi connectivity index (χ3n) is 3.25. The molecule has 0 unspecified atom stereocenters. The van der Waals surface area contributed by atoms with Gasteiger partial charge in [0.05, 0.1) is 10.7 Å². The first kappa shape index (κ1) is 19.7. The van der Waals surface area contributed by atoms with Crippen LogP contribution >= 0.6 is 23.2 Å². The van der Waals surface area contributed by atoms with Crippen LogP contribution in [0, 0.1) is 0 Å². The van der Waals surface area contributed by atoms with E-state index in [1.807, 2.05) is 14.1 Å². The van der Waals surface area contributed by atoms with Gasteiger partial charge in [-0.2, -0.15) is 0 Å². The van der Waals surface area contributed by atoms with Gasteiger partial charge in [0.25, 0.3) is 0 Å². The molecule has 0 fully saturated rings. The topological polar surface area (TPSA) is 52.7 Å². The molecular weight excluding hydrogens is 337 g/mol. The number of amides is 2. The van der Waals surface area contributed by atoms with Crippen LogP contribution < -0.4 is 10.2 Å². The van der Waals surface area contributed by atoms with Crippen LogP contribution in [0.4, 0.5) is 5.69 Å². The molecule has 0 aliphatic carbocycles. The fraction of sp³-hybridized carbons (Fsp3) is 0.500. The Morgan fingerprint density at radius 3 is 2.48 bits per heavy atom. The van der Waals surface area contributed by atoms with Crippen molar-refractivity contribution >= 4 is 40.7 Å². The minimum absolute atomic E-state index is 0.0897. The molecule has 0 heterocycles. The molecule has 1 aromatic rings. The van der Waals surface area contributed by atoms with E-state index in [2.05, 4.69) is 10.2 Å². The fourth-order valence-electron chi connectivity index (χ4n) is 2.07. The summed E-state index contributed by atoms with van der Waals surface area (Å²) in [6, 6.07) is 4.92. The van der Waals surface area contributed by atoms with Crippen LogP contribution in [-0.2, 0) is 9.59 Å². The number of anilines is 1. The summed E-state index contributed by atoms with van der Waals surface area (Å²) in [5.74, 6) is -0.275. The van der Waals surface area contributed by atoms with Crippen LogP contribution in [-0.4, -0.2) is 50.4 Å². The van der Waals surface area contributed by atoms with Gasteiger partial charge in [0.15, 0.2) is 0 Å². The van der Waals surface area contributed by atoms with Gasteiger partial charge in [-0.05, 0) is 45.3 Å². The second-order valence-electron chi connectivity index (χ2n) is 5.52. The molecule has 0 aromatic heterocycles. The van der Waals surface area contributed by atoms with E-state index >= 15 is 0 Å². The van der Waals surface area contributed by atoms with E-state index in [-0.39, 0.29) is 24.8 Å². The molecule has 0 spiro atoms. The molecule has 0 radical (unpaired) electrons. The summed E-state index contributed by atoms with van der Waals surface area (Å²) in [6.07, 6.45) is 1.10. The maximum atomic E-state index is 11.9. The number of carbonyl (C=O) groups is 2. The summed E-state index contributed by atoms with van der Waals surface area (Å²) >= 11 is 12.1. The Kier molecular flexibility index (Phi) is 8.37. The van der Waals surface area contributed by atoms with Gasteiger partial charge in [0.2, 0.25) is 11.8 Å². The maximum Gasteiger partial charge on any atom is 0.223 e. The summed E-state index contributed by atoms with van der Waals surface area (Å²) < 4.78 is 0. The molecule has 1 aromatic carbocycles. The first-order valence-electron chi connectivity index (χ1n) is 7.46. The van der Waals surface area contributed by atoms with Crippen molar-refractivity contribution in [3.8, 4) is 0 Å². The number of nitrogens with one attached hydrogen (secondary N) is 1. The SMILES string of the molecule is CC(=O)N(CCC(=O)NCCCN(C)C)c1cc(Cl)ccc1Cl. The lowest BCUT2D eigenvalue weighted by atomic mass is 10.2. The Bertz CT molecular complexity index is 550. The Morgan fingerprint density at radius 2 is 1.87 bits per heavy atom. The van der Waals surface area contributed by atoms with Crippen molar-refractivity contribution < 1.29 is 9.59 Å². The van der Waals surface area contributed by atoms with Gasteiger partial charge < -0.3 is 15.1 Å². The normalized spacial score (nSPS) is 10.7. The fourth-order valence-corrected chi connectivity index (χ4v) is 2.45. The van der Waals surface area contributed by atoms with Crippen LogP contribution in [0.3, 0.4) is 0 Å². The molecule has 7 heteroatoms. The molecule has 1 rings (SSSR count). The largest absolute Gasteiger partial charge is 0.356 e. The number of hydrogen-bond acceptors (Lipinski definition) is 3. The highest BCUT2D eigenvalue weighted by atomic mass is 35.5. The minimum Gasteiger partial charge on any atom is -0.356 e. The Morgan fingerprint density at radius 1 is 1.17 bits per heavy atom. The van der Waals surface area contributed by atoms with Crippen molar-refractivity contribution in [1.82, 2.24) is 10.2 Å². The van der Waals surface area contributed by atoms with Gasteiger partial charge in [0, 0.05) is 31.5 Å². The van der Waals surface area contributed by atoms with Crippen molar-refractivity contribution in [2.45, 2.75) is 19.8 Å². The lowest BCUT2D eigenvalue weighted by Gasteiger charge is -2.22. The smallest absolute Gasteiger partial charge is 0.223 e. The predicted molar refractivity (Wildman–Crippen MR) is 95.3 cm³/mol. The van der Waals surface area contributed by atoms with E-state index in [0.717, 1.165) is 13.0 Å². The minimum atomic E-state index is -0.186. The summed E-state index contributed by atoms with van der Waals surface area (Å²) in [5, 5.41) is 3.76. The molecule has 0 saturated carbocycles. The monoisotopic (exact) mass is 359 g/mol. The lowest BCUT2D eigenvalue weighted by Crippen LogP contribution is -2.34. The molecule has 5 nitrogen and oxygen atoms in total. The zero-order valence-electron chi connectivity index (χ0n) is 13.7. The van der Waals surface area contributed by atoms with Crippen molar-refractivity contribution in [2.24, 2.45) is 0 Å². The molecule has 0 saturated heterocycles. The number of carbonyl (C=O) groups excluding carboxylic acids is 2. The highest BCUT2D eigenvalue weighted by Crippen LogP contribution is 2.29. The zero-order chi connectivity index (χ0) is 17.4. The van der Waals surface area contributed by atoms with E-state index < -0.39 is 0 Å². The van der Waals surface area contributed by atoms with Crippen LogP contribution in [0.25, 0.3) is 0 Å². The Labute approximate surface area is 147 Å². The Hall–Kier alpha value is -1.30. The van der Waals surface area contributed by atoms with E-state index in [1.165, 1.54) is 11.8 Å². The van der Waals surface area contributed by atoms with Crippen LogP contribution in [0.15, 0.2) is 18.2 Å². The van der Waals surface area contributed by atoms with Crippen LogP contribution in [0.5, 0.6) is 0 Å². The predicted octanol–water partition coefficient (Wildman–Crippen LogP) is 2.80. The second kappa shape index (κ2) is 9.75. The summed E-state index contributed by atoms with van der Waals surface area (Å²) in [6.45, 7) is 3.23. The molecule has 1 N–H and O–H groups in total. The average Bonchev–Trinajstić information content (AvgIpc) is 2.46. The van der Waals surface area contributed by atoms with Crippen molar-refractivity contribution in [2.75, 3.05) is 38.6 Å². The quantitative estimate of drug-likeness (QED) is 0.726. The zero-order valence-corrected chi connectivity index (χ0v) is 15.2. The number of hydrogen-bond donors (Lipinski definition) is 1. The molecule has 0 atom stereocenters. The van der Waals surface area contributed by atoms with Gasteiger partial charge in [0.1, 0.15) is 0 Å². The van der Waals surface area contributed by atoms with E-state index in [1.54, 1.807) is 18.2 Å². The van der Waals surface area contributed by atoms with Crippen LogP contribution in [0.1, 0.15) is 19.8 Å². The van der Waals surface area contributed by atoms with Gasteiger partial charge in [-0.3, -0.25) is 9.59 Å². The second-order valence-corrected chi connectivity index (χ2v) is 6.37. The molecule has 23 heavy (non-hydrogen) atoms.